The minimum absolute atomic E-state index is 0.139. The number of para-hydroxylation sites is 1. The molecule has 1 heterocycles. The Balaban J connectivity index is 2.55. The van der Waals surface area contributed by atoms with E-state index in [1.807, 2.05) is 0 Å². The molecule has 0 spiro atoms. The molecule has 4 nitrogen and oxygen atoms in total. The Morgan fingerprint density at radius 3 is 2.79 bits per heavy atom. The van der Waals surface area contributed by atoms with Gasteiger partial charge in [0, 0.05) is 11.3 Å². The Morgan fingerprint density at radius 2 is 2.07 bits per heavy atom. The highest BCUT2D eigenvalue weighted by Gasteiger charge is 2.22. The molecule has 1 amide bonds. The SMILES string of the molecule is O=C([O-])/C=C1\C(=O)Nc2ccccc21. The number of carboxylic acid groups (broad SMARTS) is 1. The summed E-state index contributed by atoms with van der Waals surface area (Å²) in [6.45, 7) is 0. The molecule has 1 aromatic carbocycles. The quantitative estimate of drug-likeness (QED) is 0.619. The van der Waals surface area contributed by atoms with Gasteiger partial charge in [0.05, 0.1) is 11.5 Å². The molecule has 1 aliphatic rings. The molecule has 0 unspecified atom stereocenters. The van der Waals surface area contributed by atoms with Crippen LogP contribution >= 0.6 is 0 Å². The van der Waals surface area contributed by atoms with Crippen LogP contribution in [0.25, 0.3) is 5.57 Å². The fraction of sp³-hybridized carbons (Fsp3) is 0. The van der Waals surface area contributed by atoms with Gasteiger partial charge in [-0.2, -0.15) is 0 Å². The minimum Gasteiger partial charge on any atom is -0.545 e. The summed E-state index contributed by atoms with van der Waals surface area (Å²) in [6.07, 6.45) is 0.807. The van der Waals surface area contributed by atoms with Gasteiger partial charge in [0.1, 0.15) is 0 Å². The Labute approximate surface area is 79.9 Å². The molecule has 0 bridgehead atoms. The molecular weight excluding hydrogens is 182 g/mol. The standard InChI is InChI=1S/C10H7NO3/c12-9(13)5-7-6-3-1-2-4-8(6)11-10(7)14/h1-5H,(H,11,14)(H,12,13)/p-1/b7-5-. The maximum atomic E-state index is 11.3. The van der Waals surface area contributed by atoms with Crippen molar-refractivity contribution in [3.8, 4) is 0 Å². The number of carbonyl (C=O) groups excluding carboxylic acids is 2. The molecule has 1 aliphatic heterocycles. The molecule has 0 saturated carbocycles. The van der Waals surface area contributed by atoms with Crippen molar-refractivity contribution in [2.24, 2.45) is 0 Å². The first-order valence-electron chi connectivity index (χ1n) is 4.02. The number of hydrogen-bond acceptors (Lipinski definition) is 3. The number of nitrogens with one attached hydrogen (secondary N) is 1. The lowest BCUT2D eigenvalue weighted by Gasteiger charge is -1.97. The van der Waals surface area contributed by atoms with Gasteiger partial charge in [0.25, 0.3) is 5.91 Å². The topological polar surface area (TPSA) is 69.2 Å². The van der Waals surface area contributed by atoms with Gasteiger partial charge in [-0.15, -0.1) is 0 Å². The van der Waals surface area contributed by atoms with Gasteiger partial charge < -0.3 is 15.2 Å². The van der Waals surface area contributed by atoms with Crippen LogP contribution in [-0.4, -0.2) is 11.9 Å². The van der Waals surface area contributed by atoms with Crippen LogP contribution in [0, 0.1) is 0 Å². The van der Waals surface area contributed by atoms with E-state index in [-0.39, 0.29) is 5.57 Å². The highest BCUT2D eigenvalue weighted by Crippen LogP contribution is 2.30. The van der Waals surface area contributed by atoms with Crippen molar-refractivity contribution in [3.63, 3.8) is 0 Å². The molecular formula is C10H6NO3-. The Morgan fingerprint density at radius 1 is 1.36 bits per heavy atom. The molecule has 0 aliphatic carbocycles. The average molecular weight is 188 g/mol. The molecule has 4 heteroatoms. The number of rotatable bonds is 1. The summed E-state index contributed by atoms with van der Waals surface area (Å²) in [5, 5.41) is 12.9. The van der Waals surface area contributed by atoms with E-state index in [2.05, 4.69) is 5.32 Å². The van der Waals surface area contributed by atoms with Gasteiger partial charge in [0.2, 0.25) is 0 Å². The van der Waals surface area contributed by atoms with Crippen molar-refractivity contribution in [2.45, 2.75) is 0 Å². The van der Waals surface area contributed by atoms with Crippen molar-refractivity contribution in [1.29, 1.82) is 0 Å². The second-order valence-electron chi connectivity index (χ2n) is 2.88. The molecule has 0 radical (unpaired) electrons. The van der Waals surface area contributed by atoms with E-state index in [1.54, 1.807) is 24.3 Å². The van der Waals surface area contributed by atoms with Gasteiger partial charge >= 0.3 is 0 Å². The third kappa shape index (κ3) is 1.26. The Kier molecular flexibility index (Phi) is 1.81. The first kappa shape index (κ1) is 8.50. The van der Waals surface area contributed by atoms with Crippen molar-refractivity contribution in [2.75, 3.05) is 5.32 Å². The summed E-state index contributed by atoms with van der Waals surface area (Å²) < 4.78 is 0. The van der Waals surface area contributed by atoms with Gasteiger partial charge in [-0.25, -0.2) is 0 Å². The van der Waals surface area contributed by atoms with E-state index >= 15 is 0 Å². The number of fused-ring (bicyclic) bond motifs is 1. The van der Waals surface area contributed by atoms with Gasteiger partial charge in [0.15, 0.2) is 0 Å². The third-order valence-corrected chi connectivity index (χ3v) is 1.97. The van der Waals surface area contributed by atoms with Crippen LogP contribution < -0.4 is 10.4 Å². The van der Waals surface area contributed by atoms with Crippen LogP contribution in [-0.2, 0) is 9.59 Å². The molecule has 0 fully saturated rings. The molecule has 2 rings (SSSR count). The van der Waals surface area contributed by atoms with Crippen LogP contribution in [0.3, 0.4) is 0 Å². The second kappa shape index (κ2) is 2.99. The first-order chi connectivity index (χ1) is 6.68. The summed E-state index contributed by atoms with van der Waals surface area (Å²) >= 11 is 0. The maximum Gasteiger partial charge on any atom is 0.256 e. The predicted octanol–water partition coefficient (Wildman–Crippen LogP) is -0.228. The first-order valence-corrected chi connectivity index (χ1v) is 4.02. The zero-order chi connectivity index (χ0) is 10.1. The lowest BCUT2D eigenvalue weighted by atomic mass is 10.1. The molecule has 1 N–H and O–H groups in total. The van der Waals surface area contributed by atoms with Crippen molar-refractivity contribution < 1.29 is 14.7 Å². The molecule has 1 aromatic rings. The summed E-state index contributed by atoms with van der Waals surface area (Å²) in [5.74, 6) is -1.78. The minimum atomic E-state index is -1.37. The fourth-order valence-corrected chi connectivity index (χ4v) is 1.40. The van der Waals surface area contributed by atoms with E-state index in [0.717, 1.165) is 6.08 Å². The van der Waals surface area contributed by atoms with Gasteiger partial charge in [-0.05, 0) is 12.1 Å². The monoisotopic (exact) mass is 188 g/mol. The number of aliphatic carboxylic acids is 1. The Bertz CT molecular complexity index is 448. The van der Waals surface area contributed by atoms with Gasteiger partial charge in [-0.3, -0.25) is 4.79 Å². The van der Waals surface area contributed by atoms with Crippen LogP contribution in [0.5, 0.6) is 0 Å². The fourth-order valence-electron chi connectivity index (χ4n) is 1.40. The van der Waals surface area contributed by atoms with Crippen molar-refractivity contribution >= 4 is 23.1 Å². The molecule has 70 valence electrons. The number of anilines is 1. The van der Waals surface area contributed by atoms with Gasteiger partial charge in [-0.1, -0.05) is 18.2 Å². The zero-order valence-corrected chi connectivity index (χ0v) is 7.11. The molecule has 0 aromatic heterocycles. The molecule has 0 saturated heterocycles. The van der Waals surface area contributed by atoms with E-state index < -0.39 is 11.9 Å². The highest BCUT2D eigenvalue weighted by molar-refractivity contribution is 6.33. The summed E-state index contributed by atoms with van der Waals surface area (Å²) in [5.41, 5.74) is 1.37. The van der Waals surface area contributed by atoms with Crippen LogP contribution in [0.2, 0.25) is 0 Å². The third-order valence-electron chi connectivity index (χ3n) is 1.97. The number of carbonyl (C=O) groups is 2. The highest BCUT2D eigenvalue weighted by atomic mass is 16.4. The second-order valence-corrected chi connectivity index (χ2v) is 2.88. The summed E-state index contributed by atoms with van der Waals surface area (Å²) in [4.78, 5) is 21.6. The molecule has 0 atom stereocenters. The van der Waals surface area contributed by atoms with Crippen LogP contribution in [0.15, 0.2) is 30.3 Å². The molecule has 14 heavy (non-hydrogen) atoms. The number of hydrogen-bond donors (Lipinski definition) is 1. The smallest absolute Gasteiger partial charge is 0.256 e. The lowest BCUT2D eigenvalue weighted by molar-refractivity contribution is -0.297. The predicted molar refractivity (Wildman–Crippen MR) is 48.1 cm³/mol. The number of carboxylic acids is 1. The van der Waals surface area contributed by atoms with E-state index in [9.17, 15) is 14.7 Å². The maximum absolute atomic E-state index is 11.3. The van der Waals surface area contributed by atoms with E-state index in [4.69, 9.17) is 0 Å². The van der Waals surface area contributed by atoms with Crippen molar-refractivity contribution in [1.82, 2.24) is 0 Å². The number of amides is 1. The normalized spacial score (nSPS) is 16.6. The Hall–Kier alpha value is -2.10. The summed E-state index contributed by atoms with van der Waals surface area (Å²) in [7, 11) is 0. The van der Waals surface area contributed by atoms with Crippen LogP contribution in [0.4, 0.5) is 5.69 Å². The van der Waals surface area contributed by atoms with Crippen molar-refractivity contribution in [3.05, 3.63) is 35.9 Å². The summed E-state index contributed by atoms with van der Waals surface area (Å²) in [6, 6.07) is 6.90. The van der Waals surface area contributed by atoms with Crippen LogP contribution in [0.1, 0.15) is 5.56 Å². The lowest BCUT2D eigenvalue weighted by Crippen LogP contribution is -2.20. The number of benzene rings is 1. The average Bonchev–Trinajstić information content (AvgIpc) is 2.43. The largest absolute Gasteiger partial charge is 0.545 e. The van der Waals surface area contributed by atoms with E-state index in [0.29, 0.717) is 11.3 Å². The van der Waals surface area contributed by atoms with E-state index in [1.165, 1.54) is 0 Å². The zero-order valence-electron chi connectivity index (χ0n) is 7.11.